The van der Waals surface area contributed by atoms with E-state index in [4.69, 9.17) is 4.42 Å². The Bertz CT molecular complexity index is 524. The van der Waals surface area contributed by atoms with Gasteiger partial charge < -0.3 is 9.73 Å². The lowest BCUT2D eigenvalue weighted by Gasteiger charge is -2.10. The first-order valence-corrected chi connectivity index (χ1v) is 6.50. The second-order valence-electron chi connectivity index (χ2n) is 4.77. The molecular formula is C16H21NO. The van der Waals surface area contributed by atoms with E-state index in [-0.39, 0.29) is 0 Å². The van der Waals surface area contributed by atoms with Gasteiger partial charge in [0.25, 0.3) is 0 Å². The third kappa shape index (κ3) is 2.49. The molecule has 0 aliphatic rings. The van der Waals surface area contributed by atoms with Crippen molar-refractivity contribution in [2.24, 2.45) is 0 Å². The van der Waals surface area contributed by atoms with Crippen molar-refractivity contribution in [3.63, 3.8) is 0 Å². The van der Waals surface area contributed by atoms with Crippen LogP contribution in [0.5, 0.6) is 0 Å². The van der Waals surface area contributed by atoms with E-state index < -0.39 is 0 Å². The summed E-state index contributed by atoms with van der Waals surface area (Å²) in [5, 5.41) is 3.26. The minimum Gasteiger partial charge on any atom is -0.459 e. The molecule has 2 heteroatoms. The van der Waals surface area contributed by atoms with Gasteiger partial charge in [-0.25, -0.2) is 0 Å². The summed E-state index contributed by atoms with van der Waals surface area (Å²) in [7, 11) is 1.97. The Labute approximate surface area is 109 Å². The SMILES string of the molecule is CCC(NC)c1ccc(-c2ccc(C)cc2C)o1. The molecule has 2 aromatic rings. The van der Waals surface area contributed by atoms with Gasteiger partial charge in [-0.15, -0.1) is 0 Å². The molecule has 2 nitrogen and oxygen atoms in total. The van der Waals surface area contributed by atoms with Gasteiger partial charge in [-0.1, -0.05) is 30.7 Å². The first-order chi connectivity index (χ1) is 8.65. The Morgan fingerprint density at radius 3 is 2.56 bits per heavy atom. The van der Waals surface area contributed by atoms with Crippen molar-refractivity contribution in [2.45, 2.75) is 33.2 Å². The summed E-state index contributed by atoms with van der Waals surface area (Å²) >= 11 is 0. The summed E-state index contributed by atoms with van der Waals surface area (Å²) in [6.07, 6.45) is 1.02. The minimum atomic E-state index is 0.296. The van der Waals surface area contributed by atoms with Gasteiger partial charge in [0.05, 0.1) is 6.04 Å². The molecular weight excluding hydrogens is 222 g/mol. The summed E-state index contributed by atoms with van der Waals surface area (Å²) in [6.45, 7) is 6.39. The molecule has 1 aromatic carbocycles. The van der Waals surface area contributed by atoms with Gasteiger partial charge in [0.1, 0.15) is 11.5 Å². The molecule has 2 rings (SSSR count). The highest BCUT2D eigenvalue weighted by molar-refractivity contribution is 5.62. The van der Waals surface area contributed by atoms with E-state index in [0.29, 0.717) is 6.04 Å². The van der Waals surface area contributed by atoms with E-state index in [1.165, 1.54) is 16.7 Å². The molecule has 0 radical (unpaired) electrons. The quantitative estimate of drug-likeness (QED) is 0.869. The van der Waals surface area contributed by atoms with Crippen molar-refractivity contribution in [1.29, 1.82) is 0 Å². The molecule has 0 spiro atoms. The topological polar surface area (TPSA) is 25.2 Å². The molecule has 1 unspecified atom stereocenters. The minimum absolute atomic E-state index is 0.296. The zero-order valence-corrected chi connectivity index (χ0v) is 11.6. The third-order valence-electron chi connectivity index (χ3n) is 3.37. The Balaban J connectivity index is 2.34. The molecule has 96 valence electrons. The standard InChI is InChI=1S/C16H21NO/c1-5-14(17-4)16-9-8-15(18-16)13-7-6-11(2)10-12(13)3/h6-10,14,17H,5H2,1-4H3. The number of nitrogens with one attached hydrogen (secondary N) is 1. The van der Waals surface area contributed by atoms with Gasteiger partial charge in [-0.05, 0) is 45.0 Å². The third-order valence-corrected chi connectivity index (χ3v) is 3.37. The van der Waals surface area contributed by atoms with Crippen LogP contribution in [-0.2, 0) is 0 Å². The van der Waals surface area contributed by atoms with Crippen molar-refractivity contribution in [3.8, 4) is 11.3 Å². The highest BCUT2D eigenvalue weighted by atomic mass is 16.3. The lowest BCUT2D eigenvalue weighted by atomic mass is 10.0. The molecule has 1 N–H and O–H groups in total. The normalized spacial score (nSPS) is 12.7. The van der Waals surface area contributed by atoms with Crippen molar-refractivity contribution in [3.05, 3.63) is 47.2 Å². The van der Waals surface area contributed by atoms with E-state index >= 15 is 0 Å². The van der Waals surface area contributed by atoms with Gasteiger partial charge in [-0.3, -0.25) is 0 Å². The molecule has 0 saturated heterocycles. The van der Waals surface area contributed by atoms with E-state index in [1.807, 2.05) is 7.05 Å². The Morgan fingerprint density at radius 2 is 1.94 bits per heavy atom. The van der Waals surface area contributed by atoms with Gasteiger partial charge >= 0.3 is 0 Å². The highest BCUT2D eigenvalue weighted by Gasteiger charge is 2.13. The molecule has 18 heavy (non-hydrogen) atoms. The maximum Gasteiger partial charge on any atom is 0.134 e. The summed E-state index contributed by atoms with van der Waals surface area (Å²) in [5.74, 6) is 1.96. The van der Waals surface area contributed by atoms with Crippen LogP contribution in [0.4, 0.5) is 0 Å². The van der Waals surface area contributed by atoms with Crippen molar-refractivity contribution < 1.29 is 4.42 Å². The van der Waals surface area contributed by atoms with Gasteiger partial charge in [-0.2, -0.15) is 0 Å². The van der Waals surface area contributed by atoms with Crippen molar-refractivity contribution >= 4 is 0 Å². The fourth-order valence-corrected chi connectivity index (χ4v) is 2.32. The number of rotatable bonds is 4. The smallest absolute Gasteiger partial charge is 0.134 e. The fraction of sp³-hybridized carbons (Fsp3) is 0.375. The fourth-order valence-electron chi connectivity index (χ4n) is 2.32. The van der Waals surface area contributed by atoms with Gasteiger partial charge in [0, 0.05) is 5.56 Å². The maximum absolute atomic E-state index is 5.97. The van der Waals surface area contributed by atoms with Crippen molar-refractivity contribution in [2.75, 3.05) is 7.05 Å². The number of aryl methyl sites for hydroxylation is 2. The van der Waals surface area contributed by atoms with E-state index in [0.717, 1.165) is 17.9 Å². The zero-order chi connectivity index (χ0) is 13.1. The van der Waals surface area contributed by atoms with Crippen LogP contribution < -0.4 is 5.32 Å². The monoisotopic (exact) mass is 243 g/mol. The van der Waals surface area contributed by atoms with E-state index in [1.54, 1.807) is 0 Å². The molecule has 1 heterocycles. The second-order valence-corrected chi connectivity index (χ2v) is 4.77. The summed E-state index contributed by atoms with van der Waals surface area (Å²) in [6, 6.07) is 10.9. The summed E-state index contributed by atoms with van der Waals surface area (Å²) in [5.41, 5.74) is 3.72. The Hall–Kier alpha value is -1.54. The molecule has 0 aliphatic heterocycles. The first-order valence-electron chi connectivity index (χ1n) is 6.50. The van der Waals surface area contributed by atoms with Crippen LogP contribution in [0.15, 0.2) is 34.7 Å². The number of hydrogen-bond donors (Lipinski definition) is 1. The maximum atomic E-state index is 5.97. The number of hydrogen-bond acceptors (Lipinski definition) is 2. The predicted octanol–water partition coefficient (Wildman–Crippen LogP) is 4.23. The largest absolute Gasteiger partial charge is 0.459 e. The molecule has 1 atom stereocenters. The molecule has 1 aromatic heterocycles. The average Bonchev–Trinajstić information content (AvgIpc) is 2.80. The molecule has 0 amide bonds. The number of furan rings is 1. The molecule has 0 saturated carbocycles. The summed E-state index contributed by atoms with van der Waals surface area (Å²) in [4.78, 5) is 0. The van der Waals surface area contributed by atoms with Crippen LogP contribution in [0.1, 0.15) is 36.3 Å². The Morgan fingerprint density at radius 1 is 1.17 bits per heavy atom. The van der Waals surface area contributed by atoms with Crippen LogP contribution in [-0.4, -0.2) is 7.05 Å². The number of benzene rings is 1. The van der Waals surface area contributed by atoms with Crippen LogP contribution in [0, 0.1) is 13.8 Å². The van der Waals surface area contributed by atoms with E-state index in [9.17, 15) is 0 Å². The zero-order valence-electron chi connectivity index (χ0n) is 11.6. The van der Waals surface area contributed by atoms with Gasteiger partial charge in [0.15, 0.2) is 0 Å². The van der Waals surface area contributed by atoms with Crippen LogP contribution in [0.2, 0.25) is 0 Å². The van der Waals surface area contributed by atoms with Gasteiger partial charge in [0.2, 0.25) is 0 Å². The van der Waals surface area contributed by atoms with Crippen LogP contribution >= 0.6 is 0 Å². The predicted molar refractivity (Wildman–Crippen MR) is 75.7 cm³/mol. The molecule has 0 fully saturated rings. The molecule has 0 aliphatic carbocycles. The summed E-state index contributed by atoms with van der Waals surface area (Å²) < 4.78 is 5.97. The highest BCUT2D eigenvalue weighted by Crippen LogP contribution is 2.29. The van der Waals surface area contributed by atoms with Crippen LogP contribution in [0.25, 0.3) is 11.3 Å². The lowest BCUT2D eigenvalue weighted by molar-refractivity contribution is 0.431. The second kappa shape index (κ2) is 5.40. The lowest BCUT2D eigenvalue weighted by Crippen LogP contribution is -2.14. The Kier molecular flexibility index (Phi) is 3.87. The molecule has 0 bridgehead atoms. The first kappa shape index (κ1) is 12.9. The average molecular weight is 243 g/mol. The van der Waals surface area contributed by atoms with E-state index in [2.05, 4.69) is 56.4 Å². The van der Waals surface area contributed by atoms with Crippen molar-refractivity contribution in [1.82, 2.24) is 5.32 Å². The van der Waals surface area contributed by atoms with Crippen LogP contribution in [0.3, 0.4) is 0 Å².